The van der Waals surface area contributed by atoms with Crippen molar-refractivity contribution in [3.8, 4) is 0 Å². The van der Waals surface area contributed by atoms with Crippen LogP contribution in [0.2, 0.25) is 0 Å². The molecule has 5 nitrogen and oxygen atoms in total. The molecular formula is C7H9N3O2. The molecule has 0 aliphatic rings. The number of nitrogens with one attached hydrogen (secondary N) is 1. The molecule has 0 radical (unpaired) electrons. The van der Waals surface area contributed by atoms with Crippen LogP contribution in [0.15, 0.2) is 12.3 Å². The average molecular weight is 167 g/mol. The van der Waals surface area contributed by atoms with Gasteiger partial charge in [0.05, 0.1) is 11.0 Å². The van der Waals surface area contributed by atoms with Gasteiger partial charge in [0, 0.05) is 18.8 Å². The third kappa shape index (κ3) is 1.50. The Kier molecular flexibility index (Phi) is 2.23. The molecule has 1 heterocycles. The van der Waals surface area contributed by atoms with E-state index in [1.54, 1.807) is 14.0 Å². The number of aromatic nitrogens is 1. The first-order valence-corrected chi connectivity index (χ1v) is 3.44. The number of pyridine rings is 1. The van der Waals surface area contributed by atoms with Gasteiger partial charge in [-0.25, -0.2) is 4.98 Å². The van der Waals surface area contributed by atoms with Gasteiger partial charge in [-0.15, -0.1) is 0 Å². The highest BCUT2D eigenvalue weighted by atomic mass is 16.6. The zero-order valence-electron chi connectivity index (χ0n) is 6.87. The maximum Gasteiger partial charge on any atom is 0.277 e. The summed E-state index contributed by atoms with van der Waals surface area (Å²) in [6.45, 7) is 1.66. The fourth-order valence-corrected chi connectivity index (χ4v) is 0.847. The van der Waals surface area contributed by atoms with Crippen LogP contribution >= 0.6 is 0 Å². The number of aryl methyl sites for hydroxylation is 1. The third-order valence-electron chi connectivity index (χ3n) is 1.53. The minimum atomic E-state index is -0.419. The minimum absolute atomic E-state index is 0.0920. The second-order valence-electron chi connectivity index (χ2n) is 2.36. The van der Waals surface area contributed by atoms with Crippen LogP contribution in [0.1, 0.15) is 5.56 Å². The average Bonchev–Trinajstić information content (AvgIpc) is 2.05. The maximum atomic E-state index is 10.4. The van der Waals surface area contributed by atoms with Gasteiger partial charge in [-0.05, 0) is 6.92 Å². The highest BCUT2D eigenvalue weighted by Gasteiger charge is 2.10. The first kappa shape index (κ1) is 8.45. The van der Waals surface area contributed by atoms with Gasteiger partial charge in [0.2, 0.25) is 0 Å². The Morgan fingerprint density at radius 1 is 1.67 bits per heavy atom. The van der Waals surface area contributed by atoms with Gasteiger partial charge in [0.1, 0.15) is 5.82 Å². The summed E-state index contributed by atoms with van der Waals surface area (Å²) < 4.78 is 0. The Labute approximate surface area is 69.6 Å². The summed E-state index contributed by atoms with van der Waals surface area (Å²) in [5.41, 5.74) is 0.661. The van der Waals surface area contributed by atoms with Crippen molar-refractivity contribution in [2.75, 3.05) is 12.4 Å². The summed E-state index contributed by atoms with van der Waals surface area (Å²) in [6.07, 6.45) is 1.48. The molecular weight excluding hydrogens is 158 g/mol. The Bertz CT molecular complexity index is 312. The van der Waals surface area contributed by atoms with E-state index < -0.39 is 4.92 Å². The normalized spacial score (nSPS) is 9.50. The monoisotopic (exact) mass is 167 g/mol. The maximum absolute atomic E-state index is 10.4. The molecule has 0 aliphatic heterocycles. The highest BCUT2D eigenvalue weighted by Crippen LogP contribution is 2.18. The molecule has 0 atom stereocenters. The lowest BCUT2D eigenvalue weighted by molar-refractivity contribution is -0.385. The molecule has 0 fully saturated rings. The predicted octanol–water partition coefficient (Wildman–Crippen LogP) is 1.34. The van der Waals surface area contributed by atoms with Gasteiger partial charge in [-0.2, -0.15) is 0 Å². The molecule has 64 valence electrons. The molecule has 0 amide bonds. The molecule has 0 saturated carbocycles. The standard InChI is InChI=1S/C7H9N3O2/c1-5-4-9-7(8-2)3-6(5)10(11)12/h3-4H,1-2H3,(H,8,9). The van der Waals surface area contributed by atoms with E-state index in [2.05, 4.69) is 10.3 Å². The van der Waals surface area contributed by atoms with Crippen LogP contribution in [0.4, 0.5) is 11.5 Å². The van der Waals surface area contributed by atoms with Crippen LogP contribution in [0.25, 0.3) is 0 Å². The van der Waals surface area contributed by atoms with Crippen LogP contribution in [0.5, 0.6) is 0 Å². The molecule has 0 unspecified atom stereocenters. The molecule has 12 heavy (non-hydrogen) atoms. The van der Waals surface area contributed by atoms with Gasteiger partial charge in [0.15, 0.2) is 0 Å². The summed E-state index contributed by atoms with van der Waals surface area (Å²) in [7, 11) is 1.67. The van der Waals surface area contributed by atoms with Gasteiger partial charge >= 0.3 is 0 Å². The van der Waals surface area contributed by atoms with Gasteiger partial charge in [-0.1, -0.05) is 0 Å². The molecule has 1 aromatic rings. The summed E-state index contributed by atoms with van der Waals surface area (Å²) in [4.78, 5) is 13.9. The zero-order chi connectivity index (χ0) is 9.14. The second kappa shape index (κ2) is 3.17. The number of hydrogen-bond acceptors (Lipinski definition) is 4. The first-order chi connectivity index (χ1) is 5.65. The topological polar surface area (TPSA) is 68.1 Å². The van der Waals surface area contributed by atoms with Gasteiger partial charge < -0.3 is 5.32 Å². The van der Waals surface area contributed by atoms with Crippen molar-refractivity contribution in [2.24, 2.45) is 0 Å². The number of nitro groups is 1. The summed E-state index contributed by atoms with van der Waals surface area (Å²) in [5, 5.41) is 13.2. The lowest BCUT2D eigenvalue weighted by atomic mass is 10.2. The lowest BCUT2D eigenvalue weighted by Crippen LogP contribution is -1.97. The number of hydrogen-bond donors (Lipinski definition) is 1. The van der Waals surface area contributed by atoms with E-state index in [1.165, 1.54) is 12.3 Å². The van der Waals surface area contributed by atoms with Crippen molar-refractivity contribution in [3.05, 3.63) is 27.9 Å². The molecule has 0 saturated heterocycles. The fourth-order valence-electron chi connectivity index (χ4n) is 0.847. The van der Waals surface area contributed by atoms with Crippen LogP contribution in [-0.4, -0.2) is 17.0 Å². The quantitative estimate of drug-likeness (QED) is 0.533. The van der Waals surface area contributed by atoms with Crippen molar-refractivity contribution in [3.63, 3.8) is 0 Å². The lowest BCUT2D eigenvalue weighted by Gasteiger charge is -1.99. The second-order valence-corrected chi connectivity index (χ2v) is 2.36. The van der Waals surface area contributed by atoms with Crippen LogP contribution in [0.3, 0.4) is 0 Å². The SMILES string of the molecule is CNc1cc([N+](=O)[O-])c(C)cn1. The minimum Gasteiger partial charge on any atom is -0.373 e. The molecule has 1 rings (SSSR count). The molecule has 5 heteroatoms. The van der Waals surface area contributed by atoms with Gasteiger partial charge in [-0.3, -0.25) is 10.1 Å². The molecule has 0 aliphatic carbocycles. The van der Waals surface area contributed by atoms with E-state index in [0.29, 0.717) is 11.4 Å². The van der Waals surface area contributed by atoms with E-state index in [0.717, 1.165) is 0 Å². The van der Waals surface area contributed by atoms with Crippen LogP contribution in [-0.2, 0) is 0 Å². The largest absolute Gasteiger partial charge is 0.373 e. The molecule has 0 spiro atoms. The number of rotatable bonds is 2. The predicted molar refractivity (Wildman–Crippen MR) is 45.2 cm³/mol. The van der Waals surface area contributed by atoms with Crippen molar-refractivity contribution >= 4 is 11.5 Å². The fraction of sp³-hybridized carbons (Fsp3) is 0.286. The van der Waals surface area contributed by atoms with Crippen LogP contribution < -0.4 is 5.32 Å². The van der Waals surface area contributed by atoms with E-state index in [1.807, 2.05) is 0 Å². The zero-order valence-corrected chi connectivity index (χ0v) is 6.87. The summed E-state index contributed by atoms with van der Waals surface area (Å²) in [5.74, 6) is 0.507. The Hall–Kier alpha value is -1.65. The highest BCUT2D eigenvalue weighted by molar-refractivity contribution is 5.48. The molecule has 1 N–H and O–H groups in total. The van der Waals surface area contributed by atoms with Gasteiger partial charge in [0.25, 0.3) is 5.69 Å². The number of anilines is 1. The van der Waals surface area contributed by atoms with Crippen molar-refractivity contribution in [1.82, 2.24) is 4.98 Å². The van der Waals surface area contributed by atoms with E-state index in [9.17, 15) is 10.1 Å². The number of nitrogens with zero attached hydrogens (tertiary/aromatic N) is 2. The Morgan fingerprint density at radius 3 is 2.83 bits per heavy atom. The van der Waals surface area contributed by atoms with Crippen molar-refractivity contribution in [2.45, 2.75) is 6.92 Å². The van der Waals surface area contributed by atoms with E-state index in [4.69, 9.17) is 0 Å². The molecule has 1 aromatic heterocycles. The van der Waals surface area contributed by atoms with E-state index >= 15 is 0 Å². The van der Waals surface area contributed by atoms with E-state index in [-0.39, 0.29) is 5.69 Å². The summed E-state index contributed by atoms with van der Waals surface area (Å²) in [6, 6.07) is 1.41. The van der Waals surface area contributed by atoms with Crippen molar-refractivity contribution in [1.29, 1.82) is 0 Å². The first-order valence-electron chi connectivity index (χ1n) is 3.44. The molecule has 0 aromatic carbocycles. The third-order valence-corrected chi connectivity index (χ3v) is 1.53. The van der Waals surface area contributed by atoms with Crippen molar-refractivity contribution < 1.29 is 4.92 Å². The van der Waals surface area contributed by atoms with Crippen LogP contribution in [0, 0.1) is 17.0 Å². The molecule has 0 bridgehead atoms. The Morgan fingerprint density at radius 2 is 2.33 bits per heavy atom. The smallest absolute Gasteiger partial charge is 0.277 e. The summed E-state index contributed by atoms with van der Waals surface area (Å²) >= 11 is 0. The Balaban J connectivity index is 3.17.